The fraction of sp³-hybridized carbons (Fsp3) is 0.250. The first kappa shape index (κ1) is 31.5. The van der Waals surface area contributed by atoms with E-state index in [9.17, 15) is 0 Å². The Kier molecular flexibility index (Phi) is 9.30. The third-order valence-corrected chi connectivity index (χ3v) is 9.94. The van der Waals surface area contributed by atoms with Crippen LogP contribution in [0.2, 0.25) is 0 Å². The summed E-state index contributed by atoms with van der Waals surface area (Å²) in [7, 11) is -0.0740. The van der Waals surface area contributed by atoms with Gasteiger partial charge in [0.25, 0.3) is 0 Å². The summed E-state index contributed by atoms with van der Waals surface area (Å²) in [4.78, 5) is 0. The van der Waals surface area contributed by atoms with Gasteiger partial charge in [-0.3, -0.25) is 4.52 Å². The van der Waals surface area contributed by atoms with E-state index < -0.39 is 8.60 Å². The van der Waals surface area contributed by atoms with Gasteiger partial charge in [0.1, 0.15) is 11.5 Å². The minimum absolute atomic E-state index is 0.129. The summed E-state index contributed by atoms with van der Waals surface area (Å²) in [5.41, 5.74) is 6.59. The van der Waals surface area contributed by atoms with Gasteiger partial charge in [0.05, 0.1) is 0 Å². The van der Waals surface area contributed by atoms with Crippen LogP contribution in [0.4, 0.5) is 0 Å². The molecule has 0 bridgehead atoms. The van der Waals surface area contributed by atoms with Gasteiger partial charge in [-0.1, -0.05) is 157 Å². The molecule has 0 N–H and O–H groups in total. The van der Waals surface area contributed by atoms with Gasteiger partial charge >= 0.3 is 8.60 Å². The Labute approximate surface area is 264 Å². The summed E-state index contributed by atoms with van der Waals surface area (Å²) in [6.45, 7) is 13.5. The fourth-order valence-electron chi connectivity index (χ4n) is 5.73. The van der Waals surface area contributed by atoms with Crippen LogP contribution in [-0.2, 0) is 20.8 Å². The maximum Gasteiger partial charge on any atom is 0.462 e. The van der Waals surface area contributed by atoms with Crippen molar-refractivity contribution in [1.82, 2.24) is 0 Å². The molecule has 44 heavy (non-hydrogen) atoms. The van der Waals surface area contributed by atoms with E-state index >= 15 is 0 Å². The van der Waals surface area contributed by atoms with Gasteiger partial charge in [-0.15, -0.1) is 0 Å². The molecule has 3 nitrogen and oxygen atoms in total. The molecule has 0 spiro atoms. The molecule has 0 aliphatic rings. The molecule has 5 aromatic carbocycles. The molecule has 0 aliphatic heterocycles. The lowest BCUT2D eigenvalue weighted by Crippen LogP contribution is -2.23. The van der Waals surface area contributed by atoms with Gasteiger partial charge < -0.3 is 9.05 Å². The summed E-state index contributed by atoms with van der Waals surface area (Å²) in [5, 5.41) is 0. The highest BCUT2D eigenvalue weighted by Gasteiger charge is 2.32. The Hall–Kier alpha value is -3.91. The van der Waals surface area contributed by atoms with Crippen molar-refractivity contribution >= 4 is 8.60 Å². The third kappa shape index (κ3) is 6.60. The van der Waals surface area contributed by atoms with Crippen LogP contribution in [0.25, 0.3) is 0 Å². The van der Waals surface area contributed by atoms with Crippen molar-refractivity contribution in [2.24, 2.45) is 0 Å². The second-order valence-corrected chi connectivity index (χ2v) is 14.0. The van der Waals surface area contributed by atoms with Crippen molar-refractivity contribution in [1.29, 1.82) is 0 Å². The Morgan fingerprint density at radius 2 is 0.841 bits per heavy atom. The Morgan fingerprint density at radius 1 is 0.432 bits per heavy atom. The van der Waals surface area contributed by atoms with Gasteiger partial charge in [-0.05, 0) is 46.0 Å². The lowest BCUT2D eigenvalue weighted by Gasteiger charge is -2.32. The number of benzene rings is 5. The van der Waals surface area contributed by atoms with E-state index in [1.165, 1.54) is 27.8 Å². The van der Waals surface area contributed by atoms with E-state index in [0.29, 0.717) is 5.75 Å². The average molecular weight is 603 g/mol. The van der Waals surface area contributed by atoms with Crippen LogP contribution in [-0.4, -0.2) is 7.11 Å². The predicted molar refractivity (Wildman–Crippen MR) is 184 cm³/mol. The first-order valence-electron chi connectivity index (χ1n) is 15.2. The first-order chi connectivity index (χ1) is 21.0. The molecule has 0 radical (unpaired) electrons. The van der Waals surface area contributed by atoms with Crippen LogP contribution in [0.5, 0.6) is 11.5 Å². The smallest absolute Gasteiger partial charge is 0.418 e. The van der Waals surface area contributed by atoms with Gasteiger partial charge in [0, 0.05) is 28.9 Å². The fourth-order valence-corrected chi connectivity index (χ4v) is 6.53. The molecule has 0 saturated heterocycles. The number of rotatable bonds is 11. The molecular formula is C40H43O3P. The van der Waals surface area contributed by atoms with Crippen molar-refractivity contribution in [2.75, 3.05) is 7.11 Å². The minimum Gasteiger partial charge on any atom is -0.418 e. The summed E-state index contributed by atoms with van der Waals surface area (Å²) >= 11 is 0. The number of hydrogen-bond donors (Lipinski definition) is 0. The molecule has 0 aromatic heterocycles. The molecule has 0 heterocycles. The SMILES string of the molecule is COP(Oc1ccc(C(C)(C)c2ccccc2)cc1)Oc1ccc(C(C)(C)c2ccccc2)cc1C(C)(C)c1ccccc1. The molecule has 4 heteroatoms. The van der Waals surface area contributed by atoms with Crippen LogP contribution in [0.3, 0.4) is 0 Å². The second-order valence-electron chi connectivity index (χ2n) is 12.8. The second kappa shape index (κ2) is 13.0. The predicted octanol–water partition coefficient (Wildman–Crippen LogP) is 11.0. The lowest BCUT2D eigenvalue weighted by atomic mass is 9.73. The average Bonchev–Trinajstić information content (AvgIpc) is 3.06. The number of hydrogen-bond acceptors (Lipinski definition) is 3. The van der Waals surface area contributed by atoms with Crippen LogP contribution < -0.4 is 9.05 Å². The zero-order valence-corrected chi connectivity index (χ0v) is 27.8. The van der Waals surface area contributed by atoms with Crippen molar-refractivity contribution in [2.45, 2.75) is 57.8 Å². The molecule has 0 saturated carbocycles. The molecule has 226 valence electrons. The van der Waals surface area contributed by atoms with E-state index in [-0.39, 0.29) is 16.2 Å². The van der Waals surface area contributed by atoms with Gasteiger partial charge in [0.2, 0.25) is 0 Å². The maximum absolute atomic E-state index is 6.57. The van der Waals surface area contributed by atoms with E-state index in [1.54, 1.807) is 7.11 Å². The summed E-state index contributed by atoms with van der Waals surface area (Å²) in [5.74, 6) is 1.46. The third-order valence-electron chi connectivity index (χ3n) is 8.94. The standard InChI is InChI=1S/C40H43O3P/c1-38(2,30-17-11-8-12-18-30)33-23-26-35(27-24-33)42-44(41-7)43-37-28-25-34(39(3,4)31-19-13-9-14-20-31)29-36(37)40(5,6)32-21-15-10-16-22-32/h8-29H,1-7H3. The highest BCUT2D eigenvalue weighted by atomic mass is 31.2. The van der Waals surface area contributed by atoms with E-state index in [2.05, 4.69) is 157 Å². The van der Waals surface area contributed by atoms with E-state index in [0.717, 1.165) is 11.3 Å². The highest BCUT2D eigenvalue weighted by Crippen LogP contribution is 2.47. The molecule has 0 fully saturated rings. The molecule has 1 atom stereocenters. The zero-order valence-electron chi connectivity index (χ0n) is 26.9. The van der Waals surface area contributed by atoms with Crippen molar-refractivity contribution in [3.63, 3.8) is 0 Å². The van der Waals surface area contributed by atoms with Gasteiger partial charge in [0.15, 0.2) is 0 Å². The summed E-state index contributed by atoms with van der Waals surface area (Å²) < 4.78 is 18.7. The van der Waals surface area contributed by atoms with E-state index in [4.69, 9.17) is 13.6 Å². The first-order valence-corrected chi connectivity index (χ1v) is 16.3. The van der Waals surface area contributed by atoms with Crippen LogP contribution in [0.15, 0.2) is 133 Å². The summed E-state index contributed by atoms with van der Waals surface area (Å²) in [6, 6.07) is 46.5. The molecule has 5 rings (SSSR count). The van der Waals surface area contributed by atoms with Crippen LogP contribution in [0, 0.1) is 0 Å². The Balaban J connectivity index is 1.45. The van der Waals surface area contributed by atoms with Crippen molar-refractivity contribution in [3.05, 3.63) is 167 Å². The summed E-state index contributed by atoms with van der Waals surface area (Å²) in [6.07, 6.45) is 0. The van der Waals surface area contributed by atoms with Gasteiger partial charge in [-0.25, -0.2) is 0 Å². The lowest BCUT2D eigenvalue weighted by molar-refractivity contribution is 0.320. The Bertz CT molecular complexity index is 1640. The quantitative estimate of drug-likeness (QED) is 0.141. The Morgan fingerprint density at radius 3 is 1.32 bits per heavy atom. The maximum atomic E-state index is 6.57. The van der Waals surface area contributed by atoms with Crippen LogP contribution >= 0.6 is 8.60 Å². The normalized spacial score (nSPS) is 12.9. The largest absolute Gasteiger partial charge is 0.462 e. The van der Waals surface area contributed by atoms with Crippen LogP contribution in [0.1, 0.15) is 74.9 Å². The molecule has 0 amide bonds. The van der Waals surface area contributed by atoms with Crippen molar-refractivity contribution in [3.8, 4) is 11.5 Å². The zero-order chi connectivity index (χ0) is 31.4. The van der Waals surface area contributed by atoms with E-state index in [1.807, 2.05) is 18.2 Å². The highest BCUT2D eigenvalue weighted by molar-refractivity contribution is 7.42. The minimum atomic E-state index is -1.71. The molecule has 5 aromatic rings. The molecular weight excluding hydrogens is 559 g/mol. The van der Waals surface area contributed by atoms with Crippen molar-refractivity contribution < 1.29 is 13.6 Å². The van der Waals surface area contributed by atoms with Gasteiger partial charge in [-0.2, -0.15) is 0 Å². The monoisotopic (exact) mass is 602 g/mol. The molecule has 1 unspecified atom stereocenters. The molecule has 0 aliphatic carbocycles. The topological polar surface area (TPSA) is 27.7 Å².